The summed E-state index contributed by atoms with van der Waals surface area (Å²) in [6, 6.07) is 12.4. The molecule has 6 heteroatoms. The Morgan fingerprint density at radius 1 is 1.11 bits per heavy atom. The Labute approximate surface area is 163 Å². The highest BCUT2D eigenvalue weighted by atomic mass is 16.5. The van der Waals surface area contributed by atoms with Gasteiger partial charge in [-0.15, -0.1) is 0 Å². The Hall–Kier alpha value is -3.12. The fourth-order valence-electron chi connectivity index (χ4n) is 3.97. The lowest BCUT2D eigenvalue weighted by Crippen LogP contribution is -2.36. The molecule has 0 N–H and O–H groups in total. The maximum Gasteiger partial charge on any atom is 0.179 e. The molecule has 0 aromatic carbocycles. The van der Waals surface area contributed by atoms with Crippen LogP contribution in [-0.2, 0) is 4.74 Å². The van der Waals surface area contributed by atoms with E-state index in [0.717, 1.165) is 60.1 Å². The van der Waals surface area contributed by atoms with Crippen molar-refractivity contribution in [3.63, 3.8) is 0 Å². The van der Waals surface area contributed by atoms with Gasteiger partial charge in [0.05, 0.1) is 30.1 Å². The van der Waals surface area contributed by atoms with Gasteiger partial charge < -0.3 is 14.0 Å². The van der Waals surface area contributed by atoms with E-state index in [9.17, 15) is 4.79 Å². The molecule has 142 valence electrons. The lowest BCUT2D eigenvalue weighted by Gasteiger charge is -2.29. The lowest BCUT2D eigenvalue weighted by molar-refractivity contribution is 0.0982. The van der Waals surface area contributed by atoms with Gasteiger partial charge in [0.2, 0.25) is 0 Å². The summed E-state index contributed by atoms with van der Waals surface area (Å²) >= 11 is 0. The number of ether oxygens (including phenoxy) is 1. The zero-order valence-corrected chi connectivity index (χ0v) is 15.8. The number of anilines is 1. The van der Waals surface area contributed by atoms with Crippen molar-refractivity contribution in [1.82, 2.24) is 13.8 Å². The molecule has 0 spiro atoms. The van der Waals surface area contributed by atoms with Crippen LogP contribution in [0, 0.1) is 0 Å². The molecule has 4 aromatic rings. The van der Waals surface area contributed by atoms with E-state index in [2.05, 4.69) is 32.5 Å². The number of pyridine rings is 2. The minimum atomic E-state index is 0.137. The van der Waals surface area contributed by atoms with Crippen LogP contribution in [0.2, 0.25) is 0 Å². The van der Waals surface area contributed by atoms with Gasteiger partial charge in [-0.2, -0.15) is 0 Å². The smallest absolute Gasteiger partial charge is 0.179 e. The number of fused-ring (bicyclic) bond motifs is 2. The van der Waals surface area contributed by atoms with Crippen LogP contribution in [-0.4, -0.2) is 45.9 Å². The molecule has 6 nitrogen and oxygen atoms in total. The molecular weight excluding hydrogens is 352 g/mol. The standard InChI is InChI=1S/C22H22N4O2/c1-2-21(27)20-15-17(18-4-3-5-22-23-7-9-26(18)22)19-14-16(6-8-25(19)20)24-10-12-28-13-11-24/h3-9,14-15H,2,10-13H2,1H3. The first kappa shape index (κ1) is 17.0. The van der Waals surface area contributed by atoms with Gasteiger partial charge in [0.1, 0.15) is 5.65 Å². The molecule has 0 amide bonds. The van der Waals surface area contributed by atoms with Crippen LogP contribution in [0.25, 0.3) is 22.4 Å². The Bertz CT molecular complexity index is 1170. The molecular formula is C22H22N4O2. The van der Waals surface area contributed by atoms with Crippen LogP contribution in [0.4, 0.5) is 5.69 Å². The molecule has 0 radical (unpaired) electrons. The van der Waals surface area contributed by atoms with E-state index in [-0.39, 0.29) is 5.78 Å². The summed E-state index contributed by atoms with van der Waals surface area (Å²) in [5, 5.41) is 0. The number of imidazole rings is 1. The van der Waals surface area contributed by atoms with Crippen molar-refractivity contribution < 1.29 is 9.53 Å². The zero-order chi connectivity index (χ0) is 19.1. The van der Waals surface area contributed by atoms with E-state index in [1.165, 1.54) is 0 Å². The van der Waals surface area contributed by atoms with Gasteiger partial charge in [-0.1, -0.05) is 13.0 Å². The van der Waals surface area contributed by atoms with E-state index < -0.39 is 0 Å². The fraction of sp³-hybridized carbons (Fsp3) is 0.273. The third-order valence-electron chi connectivity index (χ3n) is 5.44. The first-order valence-corrected chi connectivity index (χ1v) is 9.69. The van der Waals surface area contributed by atoms with Gasteiger partial charge in [0.25, 0.3) is 0 Å². The van der Waals surface area contributed by atoms with Crippen LogP contribution in [0.1, 0.15) is 23.8 Å². The first-order chi connectivity index (χ1) is 13.8. The number of Topliss-reactive ketones (excluding diaryl/α,β-unsaturated/α-hetero) is 1. The minimum absolute atomic E-state index is 0.137. The summed E-state index contributed by atoms with van der Waals surface area (Å²) < 4.78 is 9.57. The van der Waals surface area contributed by atoms with Crippen LogP contribution < -0.4 is 4.90 Å². The van der Waals surface area contributed by atoms with Gasteiger partial charge in [0, 0.05) is 49.4 Å². The van der Waals surface area contributed by atoms with Gasteiger partial charge in [-0.3, -0.25) is 9.20 Å². The van der Waals surface area contributed by atoms with Gasteiger partial charge in [-0.25, -0.2) is 4.98 Å². The zero-order valence-electron chi connectivity index (χ0n) is 15.8. The molecule has 1 fully saturated rings. The number of hydrogen-bond acceptors (Lipinski definition) is 4. The molecule has 4 aromatic heterocycles. The third kappa shape index (κ3) is 2.68. The second-order valence-corrected chi connectivity index (χ2v) is 7.03. The quantitative estimate of drug-likeness (QED) is 0.511. The molecule has 1 aliphatic heterocycles. The van der Waals surface area contributed by atoms with E-state index in [0.29, 0.717) is 6.42 Å². The number of hydrogen-bond donors (Lipinski definition) is 0. The summed E-state index contributed by atoms with van der Waals surface area (Å²) in [6.07, 6.45) is 6.25. The molecule has 0 atom stereocenters. The fourth-order valence-corrected chi connectivity index (χ4v) is 3.97. The first-order valence-electron chi connectivity index (χ1n) is 9.69. The van der Waals surface area contributed by atoms with Gasteiger partial charge >= 0.3 is 0 Å². The van der Waals surface area contributed by atoms with E-state index in [1.807, 2.05) is 41.9 Å². The average Bonchev–Trinajstić information content (AvgIpc) is 3.38. The minimum Gasteiger partial charge on any atom is -0.378 e. The number of aromatic nitrogens is 3. The number of rotatable bonds is 4. The molecule has 1 saturated heterocycles. The monoisotopic (exact) mass is 374 g/mol. The number of carbonyl (C=O) groups is 1. The van der Waals surface area contributed by atoms with Crippen molar-refractivity contribution in [3.05, 3.63) is 60.7 Å². The van der Waals surface area contributed by atoms with Crippen LogP contribution in [0.5, 0.6) is 0 Å². The summed E-state index contributed by atoms with van der Waals surface area (Å²) in [5.41, 5.74) is 5.87. The Kier molecular flexibility index (Phi) is 4.13. The SMILES string of the molecule is CCC(=O)c1cc(-c2cccc3nccn23)c2cc(N3CCOCC3)ccn12. The molecule has 0 aliphatic carbocycles. The Balaban J connectivity index is 1.74. The number of morpholine rings is 1. The molecule has 5 heterocycles. The summed E-state index contributed by atoms with van der Waals surface area (Å²) in [6.45, 7) is 5.15. The van der Waals surface area contributed by atoms with Crippen LogP contribution in [0.15, 0.2) is 55.0 Å². The normalized spacial score (nSPS) is 14.8. The van der Waals surface area contributed by atoms with E-state index >= 15 is 0 Å². The van der Waals surface area contributed by atoms with Gasteiger partial charge in [-0.05, 0) is 30.3 Å². The number of nitrogens with zero attached hydrogens (tertiary/aromatic N) is 4. The molecule has 1 aliphatic rings. The van der Waals surface area contributed by atoms with Crippen LogP contribution >= 0.6 is 0 Å². The molecule has 0 unspecified atom stereocenters. The third-order valence-corrected chi connectivity index (χ3v) is 5.44. The molecule has 0 bridgehead atoms. The van der Waals surface area contributed by atoms with Crippen molar-refractivity contribution in [2.45, 2.75) is 13.3 Å². The summed E-state index contributed by atoms with van der Waals surface area (Å²) in [5.74, 6) is 0.137. The average molecular weight is 374 g/mol. The van der Waals surface area contributed by atoms with E-state index in [4.69, 9.17) is 4.74 Å². The lowest BCUT2D eigenvalue weighted by atomic mass is 10.1. The second-order valence-electron chi connectivity index (χ2n) is 7.03. The maximum atomic E-state index is 12.6. The highest BCUT2D eigenvalue weighted by Gasteiger charge is 2.19. The predicted octanol–water partition coefficient (Wildman–Crippen LogP) is 3.68. The highest BCUT2D eigenvalue weighted by molar-refractivity contribution is 5.99. The molecule has 5 rings (SSSR count). The topological polar surface area (TPSA) is 51.2 Å². The number of ketones is 1. The van der Waals surface area contributed by atoms with E-state index in [1.54, 1.807) is 6.20 Å². The summed E-state index contributed by atoms with van der Waals surface area (Å²) in [4.78, 5) is 19.3. The van der Waals surface area contributed by atoms with Crippen molar-refractivity contribution in [2.75, 3.05) is 31.2 Å². The second kappa shape index (κ2) is 6.80. The number of carbonyl (C=O) groups excluding carboxylic acids is 1. The maximum absolute atomic E-state index is 12.6. The van der Waals surface area contributed by atoms with Crippen molar-refractivity contribution >= 4 is 22.6 Å². The summed E-state index contributed by atoms with van der Waals surface area (Å²) in [7, 11) is 0. The largest absolute Gasteiger partial charge is 0.378 e. The Morgan fingerprint density at radius 2 is 1.96 bits per heavy atom. The van der Waals surface area contributed by atoms with Crippen molar-refractivity contribution in [2.24, 2.45) is 0 Å². The molecule has 28 heavy (non-hydrogen) atoms. The van der Waals surface area contributed by atoms with Gasteiger partial charge in [0.15, 0.2) is 5.78 Å². The Morgan fingerprint density at radius 3 is 2.79 bits per heavy atom. The molecule has 0 saturated carbocycles. The highest BCUT2D eigenvalue weighted by Crippen LogP contribution is 2.32. The predicted molar refractivity (Wildman–Crippen MR) is 109 cm³/mol. The van der Waals surface area contributed by atoms with Crippen molar-refractivity contribution in [3.8, 4) is 11.3 Å². The van der Waals surface area contributed by atoms with Crippen LogP contribution in [0.3, 0.4) is 0 Å². The van der Waals surface area contributed by atoms with Crippen molar-refractivity contribution in [1.29, 1.82) is 0 Å².